The van der Waals surface area contributed by atoms with E-state index in [1.165, 1.54) is 35.7 Å². The van der Waals surface area contributed by atoms with Crippen LogP contribution < -0.4 is 5.32 Å². The van der Waals surface area contributed by atoms with Crippen molar-refractivity contribution in [1.29, 1.82) is 0 Å². The molecule has 0 radical (unpaired) electrons. The highest BCUT2D eigenvalue weighted by atomic mass is 19.4. The fourth-order valence-electron chi connectivity index (χ4n) is 3.35. The third kappa shape index (κ3) is 6.21. The van der Waals surface area contributed by atoms with Crippen LogP contribution in [0, 0.1) is 0 Å². The number of amides is 2. The Hall–Kier alpha value is -2.58. The highest BCUT2D eigenvalue weighted by Crippen LogP contribution is 2.32. The van der Waals surface area contributed by atoms with E-state index in [9.17, 15) is 18.0 Å². The SMILES string of the molecule is CN(Cc1ccccc1C(F)(F)F)C(=O)NCc1ccc(CN2CCOCC2)cc1. The van der Waals surface area contributed by atoms with Gasteiger partial charge in [-0.15, -0.1) is 0 Å². The number of nitrogens with zero attached hydrogens (tertiary/aromatic N) is 2. The molecule has 30 heavy (non-hydrogen) atoms. The predicted molar refractivity (Wildman–Crippen MR) is 108 cm³/mol. The molecule has 3 rings (SSSR count). The zero-order valence-electron chi connectivity index (χ0n) is 16.9. The lowest BCUT2D eigenvalue weighted by Crippen LogP contribution is -2.36. The van der Waals surface area contributed by atoms with E-state index in [2.05, 4.69) is 10.2 Å². The van der Waals surface area contributed by atoms with Crippen LogP contribution in [-0.4, -0.2) is 49.2 Å². The smallest absolute Gasteiger partial charge is 0.379 e. The summed E-state index contributed by atoms with van der Waals surface area (Å²) in [7, 11) is 1.48. The number of urea groups is 1. The third-order valence-electron chi connectivity index (χ3n) is 5.05. The molecular weight excluding hydrogens is 395 g/mol. The average molecular weight is 421 g/mol. The Kier molecular flexibility index (Phi) is 7.33. The summed E-state index contributed by atoms with van der Waals surface area (Å²) in [5.74, 6) is 0. The summed E-state index contributed by atoms with van der Waals surface area (Å²) in [6.45, 7) is 4.39. The van der Waals surface area contributed by atoms with Gasteiger partial charge in [-0.3, -0.25) is 4.90 Å². The molecule has 0 atom stereocenters. The van der Waals surface area contributed by atoms with Crippen molar-refractivity contribution in [1.82, 2.24) is 15.1 Å². The van der Waals surface area contributed by atoms with Crippen LogP contribution in [0.5, 0.6) is 0 Å². The Bertz CT molecular complexity index is 834. The number of hydrogen-bond donors (Lipinski definition) is 1. The zero-order chi connectivity index (χ0) is 21.6. The van der Waals surface area contributed by atoms with Gasteiger partial charge in [0.15, 0.2) is 0 Å². The van der Waals surface area contributed by atoms with Crippen molar-refractivity contribution < 1.29 is 22.7 Å². The van der Waals surface area contributed by atoms with E-state index >= 15 is 0 Å². The summed E-state index contributed by atoms with van der Waals surface area (Å²) in [6, 6.07) is 12.8. The second-order valence-corrected chi connectivity index (χ2v) is 7.37. The first-order chi connectivity index (χ1) is 14.3. The van der Waals surface area contributed by atoms with Crippen molar-refractivity contribution in [2.45, 2.75) is 25.8 Å². The third-order valence-corrected chi connectivity index (χ3v) is 5.05. The number of carbonyl (C=O) groups is 1. The molecule has 2 amide bonds. The van der Waals surface area contributed by atoms with Gasteiger partial charge in [0, 0.05) is 39.8 Å². The van der Waals surface area contributed by atoms with E-state index in [4.69, 9.17) is 4.74 Å². The average Bonchev–Trinajstić information content (AvgIpc) is 2.73. The van der Waals surface area contributed by atoms with Crippen LogP contribution in [0.15, 0.2) is 48.5 Å². The van der Waals surface area contributed by atoms with E-state index in [1.807, 2.05) is 24.3 Å². The zero-order valence-corrected chi connectivity index (χ0v) is 16.9. The van der Waals surface area contributed by atoms with Crippen LogP contribution in [0.3, 0.4) is 0 Å². The molecule has 0 spiro atoms. The van der Waals surface area contributed by atoms with Crippen LogP contribution in [-0.2, 0) is 30.5 Å². The van der Waals surface area contributed by atoms with E-state index in [0.717, 1.165) is 44.5 Å². The van der Waals surface area contributed by atoms with Crippen LogP contribution in [0.2, 0.25) is 0 Å². The normalized spacial score (nSPS) is 15.1. The van der Waals surface area contributed by atoms with Gasteiger partial charge in [-0.05, 0) is 22.8 Å². The van der Waals surface area contributed by atoms with E-state index in [1.54, 1.807) is 0 Å². The maximum atomic E-state index is 13.1. The molecule has 0 bridgehead atoms. The highest BCUT2D eigenvalue weighted by molar-refractivity contribution is 5.73. The minimum Gasteiger partial charge on any atom is -0.379 e. The molecule has 1 saturated heterocycles. The Morgan fingerprint density at radius 3 is 2.37 bits per heavy atom. The quantitative estimate of drug-likeness (QED) is 0.770. The molecule has 0 aliphatic carbocycles. The monoisotopic (exact) mass is 421 g/mol. The number of nitrogens with one attached hydrogen (secondary N) is 1. The molecular formula is C22H26F3N3O2. The number of alkyl halides is 3. The molecule has 1 fully saturated rings. The van der Waals surface area contributed by atoms with Gasteiger partial charge in [-0.25, -0.2) is 4.79 Å². The van der Waals surface area contributed by atoms with Gasteiger partial charge in [-0.2, -0.15) is 13.2 Å². The van der Waals surface area contributed by atoms with Gasteiger partial charge in [0.1, 0.15) is 0 Å². The minimum atomic E-state index is -4.45. The Morgan fingerprint density at radius 1 is 1.07 bits per heavy atom. The van der Waals surface area contributed by atoms with Crippen LogP contribution >= 0.6 is 0 Å². The predicted octanol–water partition coefficient (Wildman–Crippen LogP) is 3.88. The molecule has 8 heteroatoms. The Labute approximate surface area is 174 Å². The number of hydrogen-bond acceptors (Lipinski definition) is 3. The van der Waals surface area contributed by atoms with Crippen molar-refractivity contribution in [2.75, 3.05) is 33.4 Å². The summed E-state index contributed by atoms with van der Waals surface area (Å²) in [6.07, 6.45) is -4.45. The van der Waals surface area contributed by atoms with E-state index in [-0.39, 0.29) is 12.1 Å². The summed E-state index contributed by atoms with van der Waals surface area (Å²) >= 11 is 0. The molecule has 0 saturated carbocycles. The first-order valence-corrected chi connectivity index (χ1v) is 9.85. The molecule has 0 aromatic heterocycles. The summed E-state index contributed by atoms with van der Waals surface area (Å²) in [5.41, 5.74) is 1.46. The molecule has 1 heterocycles. The van der Waals surface area contributed by atoms with Gasteiger partial charge in [0.05, 0.1) is 18.8 Å². The number of rotatable bonds is 6. The molecule has 5 nitrogen and oxygen atoms in total. The second kappa shape index (κ2) is 9.95. The first kappa shape index (κ1) is 22.1. The number of morpholine rings is 1. The lowest BCUT2D eigenvalue weighted by molar-refractivity contribution is -0.138. The molecule has 1 aliphatic heterocycles. The number of benzene rings is 2. The van der Waals surface area contributed by atoms with E-state index in [0.29, 0.717) is 6.54 Å². The standard InChI is InChI=1S/C22H26F3N3O2/c1-27(16-19-4-2-3-5-20(19)22(23,24)25)21(29)26-14-17-6-8-18(9-7-17)15-28-10-12-30-13-11-28/h2-9H,10-16H2,1H3,(H,26,29). The Balaban J connectivity index is 1.50. The van der Waals surface area contributed by atoms with Crippen LogP contribution in [0.4, 0.5) is 18.0 Å². The van der Waals surface area contributed by atoms with E-state index < -0.39 is 17.8 Å². The van der Waals surface area contributed by atoms with Gasteiger partial charge in [-0.1, -0.05) is 42.5 Å². The lowest BCUT2D eigenvalue weighted by Gasteiger charge is -2.26. The van der Waals surface area contributed by atoms with Crippen molar-refractivity contribution in [3.63, 3.8) is 0 Å². The van der Waals surface area contributed by atoms with Crippen molar-refractivity contribution in [2.24, 2.45) is 0 Å². The fourth-order valence-corrected chi connectivity index (χ4v) is 3.35. The summed E-state index contributed by atoms with van der Waals surface area (Å²) < 4.78 is 44.7. The summed E-state index contributed by atoms with van der Waals surface area (Å²) in [4.78, 5) is 15.9. The second-order valence-electron chi connectivity index (χ2n) is 7.37. The Morgan fingerprint density at radius 2 is 1.70 bits per heavy atom. The molecule has 1 aliphatic rings. The molecule has 2 aromatic rings. The lowest BCUT2D eigenvalue weighted by atomic mass is 10.1. The molecule has 0 unspecified atom stereocenters. The maximum Gasteiger partial charge on any atom is 0.416 e. The van der Waals surface area contributed by atoms with Crippen LogP contribution in [0.25, 0.3) is 0 Å². The maximum absolute atomic E-state index is 13.1. The summed E-state index contributed by atoms with van der Waals surface area (Å²) in [5, 5.41) is 2.76. The van der Waals surface area contributed by atoms with Crippen molar-refractivity contribution >= 4 is 6.03 Å². The first-order valence-electron chi connectivity index (χ1n) is 9.85. The van der Waals surface area contributed by atoms with Gasteiger partial charge >= 0.3 is 12.2 Å². The molecule has 2 aromatic carbocycles. The van der Waals surface area contributed by atoms with Gasteiger partial charge in [0.25, 0.3) is 0 Å². The number of halogens is 3. The fraction of sp³-hybridized carbons (Fsp3) is 0.409. The topological polar surface area (TPSA) is 44.8 Å². The highest BCUT2D eigenvalue weighted by Gasteiger charge is 2.33. The van der Waals surface area contributed by atoms with Crippen LogP contribution in [0.1, 0.15) is 22.3 Å². The molecule has 162 valence electrons. The van der Waals surface area contributed by atoms with Gasteiger partial charge in [0.2, 0.25) is 0 Å². The molecule has 1 N–H and O–H groups in total. The minimum absolute atomic E-state index is 0.0649. The largest absolute Gasteiger partial charge is 0.416 e. The number of ether oxygens (including phenoxy) is 1. The van der Waals surface area contributed by atoms with Crippen molar-refractivity contribution in [3.8, 4) is 0 Å². The van der Waals surface area contributed by atoms with Gasteiger partial charge < -0.3 is 15.0 Å². The van der Waals surface area contributed by atoms with Crippen molar-refractivity contribution in [3.05, 3.63) is 70.8 Å². The number of carbonyl (C=O) groups excluding carboxylic acids is 1.